The van der Waals surface area contributed by atoms with Crippen molar-refractivity contribution in [3.63, 3.8) is 0 Å². The van der Waals surface area contributed by atoms with Gasteiger partial charge in [-0.25, -0.2) is 9.38 Å². The molecule has 0 fully saturated rings. The smallest absolute Gasteiger partial charge is 0.242 e. The van der Waals surface area contributed by atoms with E-state index in [9.17, 15) is 9.18 Å². The molecule has 0 radical (unpaired) electrons. The molecule has 0 spiro atoms. The second-order valence-electron chi connectivity index (χ2n) is 6.23. The molecule has 0 bridgehead atoms. The van der Waals surface area contributed by atoms with Crippen LogP contribution < -0.4 is 16.0 Å². The number of H-pyrrole nitrogens is 1. The van der Waals surface area contributed by atoms with Gasteiger partial charge < -0.3 is 25.4 Å². The van der Waals surface area contributed by atoms with E-state index in [1.54, 1.807) is 24.5 Å². The number of hydrogen-bond acceptors (Lipinski definition) is 3. The van der Waals surface area contributed by atoms with Crippen molar-refractivity contribution < 1.29 is 13.6 Å². The van der Waals surface area contributed by atoms with Crippen LogP contribution in [0.2, 0.25) is 0 Å². The van der Waals surface area contributed by atoms with Gasteiger partial charge in [-0.15, -0.1) is 0 Å². The number of carbonyl (C=O) groups is 1. The average Bonchev–Trinajstić information content (AvgIpc) is 3.34. The van der Waals surface area contributed by atoms with Gasteiger partial charge in [0, 0.05) is 30.2 Å². The molecule has 7 nitrogen and oxygen atoms in total. The largest absolute Gasteiger partial charge is 0.467 e. The zero-order valence-corrected chi connectivity index (χ0v) is 15.7. The minimum absolute atomic E-state index is 0.00827. The molecule has 8 heteroatoms. The van der Waals surface area contributed by atoms with E-state index >= 15 is 0 Å². The molecule has 2 aromatic heterocycles. The van der Waals surface area contributed by atoms with E-state index in [1.165, 1.54) is 12.1 Å². The normalized spacial score (nSPS) is 11.6. The molecule has 1 aromatic carbocycles. The van der Waals surface area contributed by atoms with E-state index in [2.05, 4.69) is 25.9 Å². The Morgan fingerprint density at radius 2 is 2.14 bits per heavy atom. The zero-order valence-electron chi connectivity index (χ0n) is 15.7. The van der Waals surface area contributed by atoms with Crippen molar-refractivity contribution in [3.8, 4) is 0 Å². The zero-order chi connectivity index (χ0) is 19.8. The van der Waals surface area contributed by atoms with E-state index < -0.39 is 0 Å². The van der Waals surface area contributed by atoms with Crippen molar-refractivity contribution in [2.45, 2.75) is 19.9 Å². The molecule has 4 N–H and O–H groups in total. The maximum atomic E-state index is 13.5. The van der Waals surface area contributed by atoms with Crippen molar-refractivity contribution in [2.24, 2.45) is 4.99 Å². The SMILES string of the molecule is CCNC(=NCC(=O)NCc1ccco1)NCCc1c[nH]c2ccc(F)cc12. The van der Waals surface area contributed by atoms with Crippen molar-refractivity contribution >= 4 is 22.8 Å². The Morgan fingerprint density at radius 1 is 1.25 bits per heavy atom. The molecule has 3 aromatic rings. The number of aromatic nitrogens is 1. The number of aromatic amines is 1. The summed E-state index contributed by atoms with van der Waals surface area (Å²) in [7, 11) is 0. The van der Waals surface area contributed by atoms with E-state index in [4.69, 9.17) is 4.42 Å². The van der Waals surface area contributed by atoms with Crippen LogP contribution in [0.25, 0.3) is 10.9 Å². The lowest BCUT2D eigenvalue weighted by Gasteiger charge is -2.11. The summed E-state index contributed by atoms with van der Waals surface area (Å²) in [6, 6.07) is 8.27. The van der Waals surface area contributed by atoms with Crippen LogP contribution >= 0.6 is 0 Å². The Labute approximate surface area is 162 Å². The monoisotopic (exact) mass is 385 g/mol. The first-order valence-corrected chi connectivity index (χ1v) is 9.22. The number of carbonyl (C=O) groups excluding carboxylic acids is 1. The van der Waals surface area contributed by atoms with Gasteiger partial charge in [-0.05, 0) is 49.2 Å². The lowest BCUT2D eigenvalue weighted by atomic mass is 10.1. The predicted octanol–water partition coefficient (Wildman–Crippen LogP) is 2.31. The first-order chi connectivity index (χ1) is 13.7. The van der Waals surface area contributed by atoms with Gasteiger partial charge in [0.1, 0.15) is 18.1 Å². The number of benzene rings is 1. The number of aliphatic imine (C=N–C) groups is 1. The molecule has 0 saturated carbocycles. The number of nitrogens with one attached hydrogen (secondary N) is 4. The molecule has 0 aliphatic heterocycles. The summed E-state index contributed by atoms with van der Waals surface area (Å²) in [5.74, 6) is 0.802. The summed E-state index contributed by atoms with van der Waals surface area (Å²) in [5, 5.41) is 9.93. The number of hydrogen-bond donors (Lipinski definition) is 4. The van der Waals surface area contributed by atoms with Crippen LogP contribution in [0.15, 0.2) is 52.2 Å². The second kappa shape index (κ2) is 9.59. The van der Waals surface area contributed by atoms with Crippen LogP contribution in [-0.2, 0) is 17.8 Å². The summed E-state index contributed by atoms with van der Waals surface area (Å²) in [6.07, 6.45) is 4.14. The highest BCUT2D eigenvalue weighted by molar-refractivity contribution is 5.85. The fourth-order valence-corrected chi connectivity index (χ4v) is 2.82. The Hall–Kier alpha value is -3.29. The fourth-order valence-electron chi connectivity index (χ4n) is 2.82. The van der Waals surface area contributed by atoms with Crippen LogP contribution in [0.1, 0.15) is 18.2 Å². The standard InChI is InChI=1S/C20H24FN5O2/c1-2-22-20(26-13-19(27)25-12-16-4-3-9-28-16)23-8-7-14-11-24-18-6-5-15(21)10-17(14)18/h3-6,9-11,24H,2,7-8,12-13H2,1H3,(H,25,27)(H2,22,23,26). The van der Waals surface area contributed by atoms with Gasteiger partial charge in [0.2, 0.25) is 5.91 Å². The minimum atomic E-state index is -0.253. The summed E-state index contributed by atoms with van der Waals surface area (Å²) < 4.78 is 18.6. The highest BCUT2D eigenvalue weighted by Crippen LogP contribution is 2.19. The maximum Gasteiger partial charge on any atom is 0.242 e. The molecule has 3 rings (SSSR count). The highest BCUT2D eigenvalue weighted by atomic mass is 19.1. The second-order valence-corrected chi connectivity index (χ2v) is 6.23. The van der Waals surface area contributed by atoms with Crippen LogP contribution in [0.3, 0.4) is 0 Å². The third-order valence-corrected chi connectivity index (χ3v) is 4.18. The molecule has 0 aliphatic carbocycles. The van der Waals surface area contributed by atoms with Crippen molar-refractivity contribution in [1.82, 2.24) is 20.9 Å². The Bertz CT molecular complexity index is 933. The van der Waals surface area contributed by atoms with Crippen molar-refractivity contribution in [3.05, 3.63) is 59.9 Å². The van der Waals surface area contributed by atoms with Crippen LogP contribution in [0.4, 0.5) is 4.39 Å². The lowest BCUT2D eigenvalue weighted by molar-refractivity contribution is -0.119. The van der Waals surface area contributed by atoms with Crippen molar-refractivity contribution in [1.29, 1.82) is 0 Å². The number of nitrogens with zero attached hydrogens (tertiary/aromatic N) is 1. The molecule has 0 unspecified atom stereocenters. The number of halogens is 1. The van der Waals surface area contributed by atoms with Gasteiger partial charge in [0.25, 0.3) is 0 Å². The van der Waals surface area contributed by atoms with E-state index in [0.29, 0.717) is 37.8 Å². The average molecular weight is 385 g/mol. The summed E-state index contributed by atoms with van der Waals surface area (Å²) in [4.78, 5) is 19.4. The van der Waals surface area contributed by atoms with Crippen LogP contribution in [0.5, 0.6) is 0 Å². The van der Waals surface area contributed by atoms with Crippen LogP contribution in [-0.4, -0.2) is 36.5 Å². The summed E-state index contributed by atoms with van der Waals surface area (Å²) >= 11 is 0. The highest BCUT2D eigenvalue weighted by Gasteiger charge is 2.06. The van der Waals surface area contributed by atoms with Gasteiger partial charge >= 0.3 is 0 Å². The molecule has 2 heterocycles. The first kappa shape index (κ1) is 19.5. The topological polar surface area (TPSA) is 94.4 Å². The summed E-state index contributed by atoms with van der Waals surface area (Å²) in [5.41, 5.74) is 1.93. The molecular weight excluding hydrogens is 361 g/mol. The number of fused-ring (bicyclic) bond motifs is 1. The maximum absolute atomic E-state index is 13.5. The van der Waals surface area contributed by atoms with E-state index in [-0.39, 0.29) is 18.3 Å². The Balaban J connectivity index is 1.49. The molecular formula is C20H24FN5O2. The number of amides is 1. The first-order valence-electron chi connectivity index (χ1n) is 9.22. The molecule has 0 saturated heterocycles. The van der Waals surface area contributed by atoms with Gasteiger partial charge in [-0.2, -0.15) is 0 Å². The Morgan fingerprint density at radius 3 is 2.93 bits per heavy atom. The molecule has 1 amide bonds. The Kier molecular flexibility index (Phi) is 6.67. The lowest BCUT2D eigenvalue weighted by Crippen LogP contribution is -2.39. The molecule has 0 aliphatic rings. The van der Waals surface area contributed by atoms with Crippen molar-refractivity contribution in [2.75, 3.05) is 19.6 Å². The third kappa shape index (κ3) is 5.35. The molecule has 148 valence electrons. The van der Waals surface area contributed by atoms with Crippen LogP contribution in [0, 0.1) is 5.82 Å². The van der Waals surface area contributed by atoms with E-state index in [1.807, 2.05) is 13.1 Å². The number of furan rings is 1. The van der Waals surface area contributed by atoms with Gasteiger partial charge in [-0.1, -0.05) is 0 Å². The number of guanidine groups is 1. The molecule has 28 heavy (non-hydrogen) atoms. The number of rotatable bonds is 8. The minimum Gasteiger partial charge on any atom is -0.467 e. The quantitative estimate of drug-likeness (QED) is 0.354. The van der Waals surface area contributed by atoms with Gasteiger partial charge in [-0.3, -0.25) is 4.79 Å². The fraction of sp³-hybridized carbons (Fsp3) is 0.300. The predicted molar refractivity (Wildman–Crippen MR) is 106 cm³/mol. The third-order valence-electron chi connectivity index (χ3n) is 4.18. The van der Waals surface area contributed by atoms with Gasteiger partial charge in [0.15, 0.2) is 5.96 Å². The van der Waals surface area contributed by atoms with Gasteiger partial charge in [0.05, 0.1) is 12.8 Å². The summed E-state index contributed by atoms with van der Waals surface area (Å²) in [6.45, 7) is 3.58. The molecule has 0 atom stereocenters. The van der Waals surface area contributed by atoms with E-state index in [0.717, 1.165) is 16.5 Å².